The van der Waals surface area contributed by atoms with E-state index in [-0.39, 0.29) is 56.2 Å². The van der Waals surface area contributed by atoms with Gasteiger partial charge in [-0.1, -0.05) is 135 Å². The molecule has 2 atom stereocenters. The minimum atomic E-state index is -2.56. The van der Waals surface area contributed by atoms with E-state index in [1.54, 1.807) is 12.1 Å². The van der Waals surface area contributed by atoms with Gasteiger partial charge in [0, 0.05) is 34.2 Å². The quantitative estimate of drug-likeness (QED) is 0.0565. The van der Waals surface area contributed by atoms with Gasteiger partial charge in [0.05, 0.1) is 23.4 Å². The topological polar surface area (TPSA) is 47.5 Å². The van der Waals surface area contributed by atoms with E-state index in [9.17, 15) is 0 Å². The van der Waals surface area contributed by atoms with Crippen molar-refractivity contribution in [2.75, 3.05) is 26.7 Å². The Hall–Kier alpha value is -3.40. The predicted octanol–water partition coefficient (Wildman–Crippen LogP) is 16.2. The normalized spacial score (nSPS) is 17.1. The van der Waals surface area contributed by atoms with Gasteiger partial charge in [0.25, 0.3) is 8.32 Å². The van der Waals surface area contributed by atoms with Gasteiger partial charge >= 0.3 is 6.01 Å². The average Bonchev–Trinajstić information content (AvgIpc) is 3.21. The van der Waals surface area contributed by atoms with Crippen LogP contribution in [0.3, 0.4) is 0 Å². The standard InChI is InChI=1S/C54H80F3N3O2Si2/c1-17-19-20-22-40(18-2)51-45-31-47(56)49(50(57)52(45)59-53(58-51)61-33-54(15)26-21-27-60(16)32-54)44-30-42(62-64(37(9)10,38(11)12)39(13)14)29-41-23-24-46(55)43(48(41)44)25-28-63(34(3)4,35(5)6)36(7)8/h23-24,29-31,34-40H,17-22,26-27,32-33H2,1-16H3. The maximum atomic E-state index is 18.1. The fourth-order valence-corrected chi connectivity index (χ4v) is 22.3. The number of piperidine rings is 1. The van der Waals surface area contributed by atoms with Crippen LogP contribution in [0.1, 0.15) is 166 Å². The van der Waals surface area contributed by atoms with E-state index in [0.29, 0.717) is 50.8 Å². The van der Waals surface area contributed by atoms with E-state index in [1.165, 1.54) is 12.1 Å². The lowest BCUT2D eigenvalue weighted by Crippen LogP contribution is -2.50. The molecule has 0 bridgehead atoms. The van der Waals surface area contributed by atoms with Crippen molar-refractivity contribution in [2.24, 2.45) is 5.41 Å². The van der Waals surface area contributed by atoms with Crippen LogP contribution in [0.4, 0.5) is 13.2 Å². The Bertz CT molecular complexity index is 2270. The predicted molar refractivity (Wildman–Crippen MR) is 269 cm³/mol. The van der Waals surface area contributed by atoms with E-state index in [1.807, 2.05) is 6.07 Å². The molecule has 64 heavy (non-hydrogen) atoms. The van der Waals surface area contributed by atoms with Gasteiger partial charge in [-0.15, -0.1) is 5.54 Å². The lowest BCUT2D eigenvalue weighted by molar-refractivity contribution is 0.0658. The highest BCUT2D eigenvalue weighted by Crippen LogP contribution is 2.47. The molecular weight excluding hydrogens is 836 g/mol. The zero-order valence-electron chi connectivity index (χ0n) is 42.3. The summed E-state index contributed by atoms with van der Waals surface area (Å²) >= 11 is 0. The van der Waals surface area contributed by atoms with Gasteiger partial charge in [0.1, 0.15) is 31.0 Å². The molecule has 0 saturated carbocycles. The smallest absolute Gasteiger partial charge is 0.317 e. The van der Waals surface area contributed by atoms with Gasteiger partial charge < -0.3 is 14.1 Å². The molecule has 0 amide bonds. The van der Waals surface area contributed by atoms with Crippen molar-refractivity contribution in [1.29, 1.82) is 0 Å². The van der Waals surface area contributed by atoms with Gasteiger partial charge in [-0.3, -0.25) is 0 Å². The third kappa shape index (κ3) is 10.3. The highest BCUT2D eigenvalue weighted by molar-refractivity contribution is 6.90. The van der Waals surface area contributed by atoms with Crippen LogP contribution in [0.5, 0.6) is 11.8 Å². The number of rotatable bonds is 18. The molecular formula is C54H80F3N3O2Si2. The molecule has 2 heterocycles. The first-order valence-electron chi connectivity index (χ1n) is 24.6. The highest BCUT2D eigenvalue weighted by atomic mass is 28.4. The molecule has 1 aliphatic rings. The van der Waals surface area contributed by atoms with Crippen LogP contribution in [-0.2, 0) is 0 Å². The maximum Gasteiger partial charge on any atom is 0.317 e. The van der Waals surface area contributed by atoms with Crippen LogP contribution in [0, 0.1) is 34.3 Å². The summed E-state index contributed by atoms with van der Waals surface area (Å²) in [6.45, 7) is 35.3. The summed E-state index contributed by atoms with van der Waals surface area (Å²) in [7, 11) is -2.79. The Morgan fingerprint density at radius 2 is 1.45 bits per heavy atom. The number of hydrogen-bond acceptors (Lipinski definition) is 5. The van der Waals surface area contributed by atoms with E-state index < -0.39 is 33.8 Å². The van der Waals surface area contributed by atoms with Crippen molar-refractivity contribution in [1.82, 2.24) is 14.9 Å². The van der Waals surface area contributed by atoms with Crippen molar-refractivity contribution in [3.05, 3.63) is 59.0 Å². The SMILES string of the molecule is CCCCCC(CC)c1nc(OCC2(C)CCCN(C)C2)nc2c(F)c(-c3cc(O[Si](C(C)C)(C(C)C)C(C)C)cc4ccc(F)c(C#C[Si](C(C)C)(C(C)C)C(C)C)c34)c(F)cc12. The number of hydrogen-bond donors (Lipinski definition) is 0. The molecule has 2 unspecified atom stereocenters. The fourth-order valence-electron chi connectivity index (χ4n) is 11.9. The summed E-state index contributed by atoms with van der Waals surface area (Å²) in [4.78, 5) is 12.1. The molecule has 5 rings (SSSR count). The van der Waals surface area contributed by atoms with Gasteiger partial charge in [-0.05, 0) is 102 Å². The highest BCUT2D eigenvalue weighted by Gasteiger charge is 2.47. The number of unbranched alkanes of at least 4 members (excludes halogenated alkanes) is 2. The van der Waals surface area contributed by atoms with E-state index in [4.69, 9.17) is 19.1 Å². The van der Waals surface area contributed by atoms with E-state index in [2.05, 4.69) is 127 Å². The van der Waals surface area contributed by atoms with Crippen molar-refractivity contribution < 1.29 is 22.3 Å². The second-order valence-electron chi connectivity index (χ2n) is 21.4. The Kier molecular flexibility index (Phi) is 17.0. The largest absolute Gasteiger partial charge is 0.543 e. The summed E-state index contributed by atoms with van der Waals surface area (Å²) in [5.41, 5.74) is 5.88. The van der Waals surface area contributed by atoms with Crippen LogP contribution in [0.15, 0.2) is 30.3 Å². The van der Waals surface area contributed by atoms with Crippen LogP contribution in [0.2, 0.25) is 33.2 Å². The number of benzene rings is 3. The minimum absolute atomic E-state index is 0.000811. The molecule has 1 aliphatic heterocycles. The molecule has 3 aromatic carbocycles. The molecule has 10 heteroatoms. The second-order valence-corrected chi connectivity index (χ2v) is 32.4. The summed E-state index contributed by atoms with van der Waals surface area (Å²) in [6, 6.07) is 8.30. The molecule has 1 aromatic heterocycles. The van der Waals surface area contributed by atoms with Crippen LogP contribution in [-0.4, -0.2) is 58.0 Å². The first kappa shape index (κ1) is 51.6. The first-order valence-corrected chi connectivity index (χ1v) is 28.9. The van der Waals surface area contributed by atoms with Crippen molar-refractivity contribution in [2.45, 2.75) is 188 Å². The lowest BCUT2D eigenvalue weighted by Gasteiger charge is -2.42. The Balaban J connectivity index is 1.89. The number of nitrogens with zero attached hydrogens (tertiary/aromatic N) is 3. The van der Waals surface area contributed by atoms with Crippen molar-refractivity contribution in [3.63, 3.8) is 0 Å². The summed E-state index contributed by atoms with van der Waals surface area (Å²) in [6.07, 6.45) is 6.71. The average molecular weight is 916 g/mol. The first-order chi connectivity index (χ1) is 30.1. The molecule has 0 spiro atoms. The molecule has 4 aromatic rings. The molecule has 1 fully saturated rings. The third-order valence-electron chi connectivity index (χ3n) is 15.0. The zero-order valence-corrected chi connectivity index (χ0v) is 44.3. The van der Waals surface area contributed by atoms with E-state index >= 15 is 13.2 Å². The van der Waals surface area contributed by atoms with Crippen LogP contribution >= 0.6 is 0 Å². The lowest BCUT2D eigenvalue weighted by atomic mass is 9.83. The number of ether oxygens (including phenoxy) is 1. The van der Waals surface area contributed by atoms with Gasteiger partial charge in [0.2, 0.25) is 0 Å². The monoisotopic (exact) mass is 916 g/mol. The van der Waals surface area contributed by atoms with Crippen LogP contribution < -0.4 is 9.16 Å². The summed E-state index contributed by atoms with van der Waals surface area (Å²) in [5.74, 6) is 1.73. The van der Waals surface area contributed by atoms with Gasteiger partial charge in [-0.25, -0.2) is 13.2 Å². The Labute approximate surface area is 387 Å². The molecule has 0 aliphatic carbocycles. The molecule has 0 N–H and O–H groups in total. The summed E-state index contributed by atoms with van der Waals surface area (Å²) < 4.78 is 66.0. The van der Waals surface area contributed by atoms with E-state index in [0.717, 1.165) is 58.0 Å². The fraction of sp³-hybridized carbons (Fsp3) is 0.630. The van der Waals surface area contributed by atoms with Gasteiger partial charge in [-0.2, -0.15) is 9.97 Å². The second kappa shape index (κ2) is 21.1. The molecule has 1 saturated heterocycles. The van der Waals surface area contributed by atoms with Crippen molar-refractivity contribution in [3.8, 4) is 34.4 Å². The maximum absolute atomic E-state index is 18.1. The number of fused-ring (bicyclic) bond motifs is 2. The van der Waals surface area contributed by atoms with Crippen LogP contribution in [0.25, 0.3) is 32.8 Å². The number of aromatic nitrogens is 2. The Morgan fingerprint density at radius 3 is 2.02 bits per heavy atom. The Morgan fingerprint density at radius 1 is 0.812 bits per heavy atom. The van der Waals surface area contributed by atoms with Gasteiger partial charge in [0.15, 0.2) is 5.82 Å². The third-order valence-corrected chi connectivity index (χ3v) is 27.3. The summed E-state index contributed by atoms with van der Waals surface area (Å²) in [5, 5.41) is 1.32. The molecule has 0 radical (unpaired) electrons. The zero-order chi connectivity index (χ0) is 47.5. The molecule has 352 valence electrons. The number of likely N-dealkylation sites (tertiary alicyclic amines) is 1. The molecule has 5 nitrogen and oxygen atoms in total. The minimum Gasteiger partial charge on any atom is -0.543 e. The number of halogens is 3. The van der Waals surface area contributed by atoms with Crippen molar-refractivity contribution >= 4 is 38.1 Å².